The summed E-state index contributed by atoms with van der Waals surface area (Å²) < 4.78 is 0. The zero-order valence-electron chi connectivity index (χ0n) is 17.9. The van der Waals surface area contributed by atoms with E-state index >= 15 is 0 Å². The minimum Gasteiger partial charge on any atom is -0.346 e. The van der Waals surface area contributed by atoms with Gasteiger partial charge in [0.15, 0.2) is 0 Å². The standard InChI is InChI=1S/C25H27N3O2S/c1-17-9-10-21(14-18(17)2)27-25(30)24(29)26-15-22(23-8-5-13-31-23)28-12-11-19-6-3-4-7-20(19)16-28/h3-10,13-14,22H,11-12,15-16H2,1-2H3,(H,26,29)(H,27,30)/t22-/m0/s1. The van der Waals surface area contributed by atoms with Gasteiger partial charge in [0.2, 0.25) is 0 Å². The molecule has 1 aromatic heterocycles. The maximum Gasteiger partial charge on any atom is 0.313 e. The highest BCUT2D eigenvalue weighted by Gasteiger charge is 2.26. The lowest BCUT2D eigenvalue weighted by Crippen LogP contribution is -2.43. The van der Waals surface area contributed by atoms with Crippen molar-refractivity contribution in [3.05, 3.63) is 87.1 Å². The molecule has 0 aliphatic carbocycles. The van der Waals surface area contributed by atoms with Gasteiger partial charge in [0.1, 0.15) is 0 Å². The Kier molecular flexibility index (Phi) is 6.49. The molecular formula is C25H27N3O2S. The molecule has 1 aliphatic heterocycles. The Morgan fingerprint density at radius 3 is 2.55 bits per heavy atom. The van der Waals surface area contributed by atoms with Crippen LogP contribution >= 0.6 is 11.3 Å². The predicted molar refractivity (Wildman–Crippen MR) is 125 cm³/mol. The van der Waals surface area contributed by atoms with Crippen molar-refractivity contribution in [2.75, 3.05) is 18.4 Å². The van der Waals surface area contributed by atoms with Crippen LogP contribution in [0.3, 0.4) is 0 Å². The summed E-state index contributed by atoms with van der Waals surface area (Å²) in [6.07, 6.45) is 0.985. The minimum absolute atomic E-state index is 0.0340. The normalized spacial score (nSPS) is 14.5. The van der Waals surface area contributed by atoms with E-state index in [0.717, 1.165) is 30.6 Å². The van der Waals surface area contributed by atoms with Crippen LogP contribution in [0, 0.1) is 13.8 Å². The van der Waals surface area contributed by atoms with E-state index in [-0.39, 0.29) is 6.04 Å². The second-order valence-corrected chi connectivity index (χ2v) is 8.96. The van der Waals surface area contributed by atoms with Gasteiger partial charge in [-0.3, -0.25) is 14.5 Å². The fraction of sp³-hybridized carbons (Fsp3) is 0.280. The lowest BCUT2D eigenvalue weighted by Gasteiger charge is -2.35. The van der Waals surface area contributed by atoms with Gasteiger partial charge in [0.25, 0.3) is 0 Å². The molecule has 0 saturated carbocycles. The van der Waals surface area contributed by atoms with Crippen LogP contribution in [-0.2, 0) is 22.6 Å². The first kappa shape index (κ1) is 21.3. The maximum absolute atomic E-state index is 12.5. The topological polar surface area (TPSA) is 61.4 Å². The van der Waals surface area contributed by atoms with Crippen LogP contribution in [0.1, 0.15) is 33.2 Å². The number of fused-ring (bicyclic) bond motifs is 1. The van der Waals surface area contributed by atoms with Crippen LogP contribution in [0.2, 0.25) is 0 Å². The number of thiophene rings is 1. The van der Waals surface area contributed by atoms with Gasteiger partial charge in [-0.1, -0.05) is 36.4 Å². The molecule has 2 heterocycles. The molecule has 6 heteroatoms. The van der Waals surface area contributed by atoms with Crippen LogP contribution in [0.4, 0.5) is 5.69 Å². The molecule has 31 heavy (non-hydrogen) atoms. The molecule has 0 bridgehead atoms. The molecule has 1 atom stereocenters. The molecule has 0 fully saturated rings. The van der Waals surface area contributed by atoms with E-state index in [4.69, 9.17) is 0 Å². The first-order valence-corrected chi connectivity index (χ1v) is 11.4. The number of hydrogen-bond donors (Lipinski definition) is 2. The third-order valence-corrected chi connectivity index (χ3v) is 6.87. The van der Waals surface area contributed by atoms with Crippen LogP contribution in [0.15, 0.2) is 60.0 Å². The average Bonchev–Trinajstić information content (AvgIpc) is 3.31. The zero-order chi connectivity index (χ0) is 21.8. The summed E-state index contributed by atoms with van der Waals surface area (Å²) in [6, 6.07) is 18.3. The molecule has 5 nitrogen and oxygen atoms in total. The number of benzene rings is 2. The van der Waals surface area contributed by atoms with Gasteiger partial charge in [-0.05, 0) is 66.1 Å². The largest absolute Gasteiger partial charge is 0.346 e. The van der Waals surface area contributed by atoms with Crippen molar-refractivity contribution in [3.8, 4) is 0 Å². The molecule has 1 aliphatic rings. The molecule has 2 N–H and O–H groups in total. The third-order valence-electron chi connectivity index (χ3n) is 5.90. The van der Waals surface area contributed by atoms with Gasteiger partial charge < -0.3 is 10.6 Å². The Morgan fingerprint density at radius 1 is 1.00 bits per heavy atom. The maximum atomic E-state index is 12.5. The number of hydrogen-bond acceptors (Lipinski definition) is 4. The quantitative estimate of drug-likeness (QED) is 0.593. The van der Waals surface area contributed by atoms with Crippen LogP contribution in [-0.4, -0.2) is 29.8 Å². The van der Waals surface area contributed by atoms with E-state index in [1.807, 2.05) is 38.1 Å². The summed E-state index contributed by atoms with van der Waals surface area (Å²) in [4.78, 5) is 28.5. The highest BCUT2D eigenvalue weighted by molar-refractivity contribution is 7.10. The van der Waals surface area contributed by atoms with Crippen LogP contribution in [0.25, 0.3) is 0 Å². The Bertz CT molecular complexity index is 1080. The number of aryl methyl sites for hydroxylation is 2. The second-order valence-electron chi connectivity index (χ2n) is 7.98. The fourth-order valence-corrected chi connectivity index (χ4v) is 4.81. The van der Waals surface area contributed by atoms with Gasteiger partial charge >= 0.3 is 11.8 Å². The molecule has 3 aromatic rings. The number of carbonyl (C=O) groups is 2. The van der Waals surface area contributed by atoms with E-state index in [0.29, 0.717) is 12.2 Å². The van der Waals surface area contributed by atoms with Gasteiger partial charge in [0.05, 0.1) is 6.04 Å². The Labute approximate surface area is 187 Å². The summed E-state index contributed by atoms with van der Waals surface area (Å²) in [5.74, 6) is -1.26. The lowest BCUT2D eigenvalue weighted by atomic mass is 9.98. The Morgan fingerprint density at radius 2 is 1.81 bits per heavy atom. The number of nitrogens with zero attached hydrogens (tertiary/aromatic N) is 1. The van der Waals surface area contributed by atoms with Crippen molar-refractivity contribution < 1.29 is 9.59 Å². The summed E-state index contributed by atoms with van der Waals surface area (Å²) in [7, 11) is 0. The fourth-order valence-electron chi connectivity index (χ4n) is 3.95. The summed E-state index contributed by atoms with van der Waals surface area (Å²) in [5, 5.41) is 7.60. The Hall–Kier alpha value is -2.96. The van der Waals surface area contributed by atoms with E-state index in [2.05, 4.69) is 51.2 Å². The van der Waals surface area contributed by atoms with Gasteiger partial charge in [-0.25, -0.2) is 0 Å². The van der Waals surface area contributed by atoms with Crippen molar-refractivity contribution in [1.82, 2.24) is 10.2 Å². The smallest absolute Gasteiger partial charge is 0.313 e. The van der Waals surface area contributed by atoms with Gasteiger partial charge in [0, 0.05) is 30.2 Å². The molecule has 160 valence electrons. The van der Waals surface area contributed by atoms with Crippen molar-refractivity contribution in [2.45, 2.75) is 32.9 Å². The van der Waals surface area contributed by atoms with E-state index in [1.165, 1.54) is 16.0 Å². The number of anilines is 1. The van der Waals surface area contributed by atoms with Crippen molar-refractivity contribution in [3.63, 3.8) is 0 Å². The summed E-state index contributed by atoms with van der Waals surface area (Å²) >= 11 is 1.68. The number of rotatable bonds is 5. The van der Waals surface area contributed by atoms with E-state index in [9.17, 15) is 9.59 Å². The van der Waals surface area contributed by atoms with Crippen molar-refractivity contribution in [2.24, 2.45) is 0 Å². The van der Waals surface area contributed by atoms with Crippen LogP contribution < -0.4 is 10.6 Å². The molecule has 0 saturated heterocycles. The van der Waals surface area contributed by atoms with Gasteiger partial charge in [-0.2, -0.15) is 0 Å². The zero-order valence-corrected chi connectivity index (χ0v) is 18.7. The van der Waals surface area contributed by atoms with Crippen LogP contribution in [0.5, 0.6) is 0 Å². The number of amides is 2. The first-order valence-electron chi connectivity index (χ1n) is 10.5. The molecule has 0 unspecified atom stereocenters. The monoisotopic (exact) mass is 433 g/mol. The van der Waals surface area contributed by atoms with E-state index < -0.39 is 11.8 Å². The predicted octanol–water partition coefficient (Wildman–Crippen LogP) is 4.22. The van der Waals surface area contributed by atoms with Gasteiger partial charge in [-0.15, -0.1) is 11.3 Å². The third kappa shape index (κ3) is 5.03. The molecule has 4 rings (SSSR count). The molecule has 2 aromatic carbocycles. The van der Waals surface area contributed by atoms with E-state index in [1.54, 1.807) is 11.3 Å². The highest BCUT2D eigenvalue weighted by atomic mass is 32.1. The number of nitrogens with one attached hydrogen (secondary N) is 2. The number of carbonyl (C=O) groups excluding carboxylic acids is 2. The molecule has 2 amide bonds. The average molecular weight is 434 g/mol. The highest BCUT2D eigenvalue weighted by Crippen LogP contribution is 2.30. The summed E-state index contributed by atoms with van der Waals surface area (Å²) in [6.45, 7) is 6.14. The first-order chi connectivity index (χ1) is 15.0. The second kappa shape index (κ2) is 9.45. The van der Waals surface area contributed by atoms with Crippen molar-refractivity contribution in [1.29, 1.82) is 0 Å². The molecule has 0 spiro atoms. The lowest BCUT2D eigenvalue weighted by molar-refractivity contribution is -0.136. The SMILES string of the molecule is Cc1ccc(NC(=O)C(=O)NC[C@@H](c2cccs2)N2CCc3ccccc3C2)cc1C. The molecular weight excluding hydrogens is 406 g/mol. The summed E-state index contributed by atoms with van der Waals surface area (Å²) in [5.41, 5.74) is 5.56. The Balaban J connectivity index is 1.41. The molecule has 0 radical (unpaired) electrons. The minimum atomic E-state index is -0.642. The van der Waals surface area contributed by atoms with Crippen molar-refractivity contribution >= 4 is 28.8 Å².